The molecule has 1 aliphatic heterocycles. The Morgan fingerprint density at radius 3 is 2.77 bits per heavy atom. The average Bonchev–Trinajstić information content (AvgIpc) is 3.59. The molecule has 7 heteroatoms. The maximum absolute atomic E-state index is 6.03. The molecule has 35 heavy (non-hydrogen) atoms. The van der Waals surface area contributed by atoms with E-state index in [2.05, 4.69) is 21.2 Å². The van der Waals surface area contributed by atoms with Gasteiger partial charge in [0.2, 0.25) is 0 Å². The van der Waals surface area contributed by atoms with Crippen LogP contribution in [0.15, 0.2) is 66.9 Å². The van der Waals surface area contributed by atoms with E-state index < -0.39 is 0 Å². The third kappa shape index (κ3) is 8.16. The fourth-order valence-electron chi connectivity index (χ4n) is 4.17. The number of benzene rings is 2. The smallest absolute Gasteiger partial charge is 0.124 e. The molecule has 0 saturated carbocycles. The summed E-state index contributed by atoms with van der Waals surface area (Å²) >= 11 is 0. The topological polar surface area (TPSA) is 85.6 Å². The zero-order valence-electron chi connectivity index (χ0n) is 20.3. The molecule has 0 unspecified atom stereocenters. The lowest BCUT2D eigenvalue weighted by Gasteiger charge is -2.16. The molecular formula is C28H36N4O3. The summed E-state index contributed by atoms with van der Waals surface area (Å²) in [6, 6.07) is 15.7. The number of likely N-dealkylation sites (tertiary alicyclic amines) is 1. The minimum absolute atomic E-state index is 0.466. The molecule has 4 rings (SSSR count). The van der Waals surface area contributed by atoms with Crippen molar-refractivity contribution in [2.75, 3.05) is 45.2 Å². The Hall–Kier alpha value is -3.29. The fourth-order valence-corrected chi connectivity index (χ4v) is 4.17. The van der Waals surface area contributed by atoms with E-state index in [9.17, 15) is 0 Å². The SMILES string of the molecule is Nc1ccc(OCCCN2CCCC2)c(COC/C=C/CCOc2cccc(-c3ccn[nH]3)c2)c1. The van der Waals surface area contributed by atoms with Crippen LogP contribution < -0.4 is 15.2 Å². The van der Waals surface area contributed by atoms with E-state index in [4.69, 9.17) is 19.9 Å². The van der Waals surface area contributed by atoms with Crippen molar-refractivity contribution in [3.63, 3.8) is 0 Å². The van der Waals surface area contributed by atoms with Gasteiger partial charge in [0.15, 0.2) is 0 Å². The van der Waals surface area contributed by atoms with Gasteiger partial charge in [-0.05, 0) is 75.2 Å². The Labute approximate surface area is 207 Å². The number of H-pyrrole nitrogens is 1. The van der Waals surface area contributed by atoms with Crippen LogP contribution in [0.25, 0.3) is 11.3 Å². The summed E-state index contributed by atoms with van der Waals surface area (Å²) in [7, 11) is 0. The van der Waals surface area contributed by atoms with E-state index in [0.717, 1.165) is 53.4 Å². The monoisotopic (exact) mass is 476 g/mol. The maximum atomic E-state index is 6.03. The van der Waals surface area contributed by atoms with Crippen LogP contribution in [0.1, 0.15) is 31.2 Å². The van der Waals surface area contributed by atoms with Crippen molar-refractivity contribution in [2.24, 2.45) is 0 Å². The van der Waals surface area contributed by atoms with Crippen LogP contribution in [-0.2, 0) is 11.3 Å². The predicted molar refractivity (Wildman–Crippen MR) is 140 cm³/mol. The Morgan fingerprint density at radius 2 is 1.91 bits per heavy atom. The third-order valence-corrected chi connectivity index (χ3v) is 6.00. The van der Waals surface area contributed by atoms with Crippen LogP contribution in [0, 0.1) is 0 Å². The summed E-state index contributed by atoms with van der Waals surface area (Å²) in [5.41, 5.74) is 9.72. The number of hydrogen-bond donors (Lipinski definition) is 2. The second-order valence-corrected chi connectivity index (χ2v) is 8.74. The molecule has 0 amide bonds. The van der Waals surface area contributed by atoms with Crippen molar-refractivity contribution >= 4 is 5.69 Å². The van der Waals surface area contributed by atoms with Crippen LogP contribution >= 0.6 is 0 Å². The van der Waals surface area contributed by atoms with Gasteiger partial charge in [0.1, 0.15) is 11.5 Å². The molecule has 1 aliphatic rings. The molecule has 3 aromatic rings. The van der Waals surface area contributed by atoms with Crippen molar-refractivity contribution in [2.45, 2.75) is 32.3 Å². The minimum Gasteiger partial charge on any atom is -0.493 e. The third-order valence-electron chi connectivity index (χ3n) is 6.00. The molecule has 186 valence electrons. The van der Waals surface area contributed by atoms with Crippen molar-refractivity contribution in [1.82, 2.24) is 15.1 Å². The van der Waals surface area contributed by atoms with Gasteiger partial charge in [-0.25, -0.2) is 0 Å². The standard InChI is InChI=1S/C28H36N4O3/c29-25-10-11-28(35-19-7-16-32-14-2-3-15-32)24(20-25)22-33-17-4-1-5-18-34-26-9-6-8-23(21-26)27-12-13-30-31-27/h1,4,6,8-13,20-21H,2-3,5,7,14-19,22,29H2,(H,30,31)/b4-1+. The average molecular weight is 477 g/mol. The minimum atomic E-state index is 0.466. The molecule has 0 spiro atoms. The van der Waals surface area contributed by atoms with Crippen LogP contribution in [-0.4, -0.2) is 54.6 Å². The van der Waals surface area contributed by atoms with Gasteiger partial charge in [-0.1, -0.05) is 24.3 Å². The summed E-state index contributed by atoms with van der Waals surface area (Å²) in [5.74, 6) is 1.70. The van der Waals surface area contributed by atoms with Crippen LogP contribution in [0.3, 0.4) is 0 Å². The lowest BCUT2D eigenvalue weighted by atomic mass is 10.1. The largest absolute Gasteiger partial charge is 0.493 e. The lowest BCUT2D eigenvalue weighted by molar-refractivity contribution is 0.144. The second-order valence-electron chi connectivity index (χ2n) is 8.74. The first-order chi connectivity index (χ1) is 17.3. The summed E-state index contributed by atoms with van der Waals surface area (Å²) in [6.45, 7) is 5.85. The number of nitrogens with one attached hydrogen (secondary N) is 1. The first-order valence-corrected chi connectivity index (χ1v) is 12.5. The van der Waals surface area contributed by atoms with E-state index in [-0.39, 0.29) is 0 Å². The molecule has 3 N–H and O–H groups in total. The van der Waals surface area contributed by atoms with Gasteiger partial charge in [-0.15, -0.1) is 0 Å². The Bertz CT molecular complexity index is 1050. The van der Waals surface area contributed by atoms with Gasteiger partial charge in [0, 0.05) is 29.6 Å². The highest BCUT2D eigenvalue weighted by molar-refractivity contribution is 5.60. The summed E-state index contributed by atoms with van der Waals surface area (Å²) in [5, 5.41) is 6.97. The van der Waals surface area contributed by atoms with E-state index in [1.807, 2.05) is 54.6 Å². The van der Waals surface area contributed by atoms with E-state index in [0.29, 0.717) is 26.4 Å². The molecule has 0 radical (unpaired) electrons. The van der Waals surface area contributed by atoms with Crippen molar-refractivity contribution in [3.05, 3.63) is 72.4 Å². The van der Waals surface area contributed by atoms with Crippen LogP contribution in [0.4, 0.5) is 5.69 Å². The molecule has 2 heterocycles. The number of nitrogen functional groups attached to an aromatic ring is 1. The molecule has 2 aromatic carbocycles. The number of nitrogens with two attached hydrogens (primary N) is 1. The maximum Gasteiger partial charge on any atom is 0.124 e. The van der Waals surface area contributed by atoms with Crippen LogP contribution in [0.5, 0.6) is 11.5 Å². The molecule has 0 atom stereocenters. The summed E-state index contributed by atoms with van der Waals surface area (Å²) < 4.78 is 17.7. The highest BCUT2D eigenvalue weighted by atomic mass is 16.5. The normalized spacial score (nSPS) is 14.1. The number of ether oxygens (including phenoxy) is 3. The van der Waals surface area contributed by atoms with E-state index in [1.54, 1.807) is 6.20 Å². The van der Waals surface area contributed by atoms with Gasteiger partial charge >= 0.3 is 0 Å². The predicted octanol–water partition coefficient (Wildman–Crippen LogP) is 5.07. The number of hydrogen-bond acceptors (Lipinski definition) is 6. The van der Waals surface area contributed by atoms with Gasteiger partial charge < -0.3 is 24.8 Å². The van der Waals surface area contributed by atoms with Crippen molar-refractivity contribution < 1.29 is 14.2 Å². The molecule has 0 aliphatic carbocycles. The Kier molecular flexibility index (Phi) is 9.62. The molecule has 7 nitrogen and oxygen atoms in total. The first kappa shape index (κ1) is 24.8. The van der Waals surface area contributed by atoms with Crippen LogP contribution in [0.2, 0.25) is 0 Å². The van der Waals surface area contributed by atoms with E-state index >= 15 is 0 Å². The van der Waals surface area contributed by atoms with Gasteiger partial charge in [-0.2, -0.15) is 5.10 Å². The Morgan fingerprint density at radius 1 is 1.00 bits per heavy atom. The Balaban J connectivity index is 1.13. The summed E-state index contributed by atoms with van der Waals surface area (Å²) in [4.78, 5) is 2.51. The quantitative estimate of drug-likeness (QED) is 0.192. The second kappa shape index (κ2) is 13.6. The molecule has 1 aromatic heterocycles. The zero-order chi connectivity index (χ0) is 24.1. The zero-order valence-corrected chi connectivity index (χ0v) is 20.3. The van der Waals surface area contributed by atoms with Crippen molar-refractivity contribution in [1.29, 1.82) is 0 Å². The number of aromatic amines is 1. The van der Waals surface area contributed by atoms with E-state index in [1.165, 1.54) is 25.9 Å². The molecule has 0 bridgehead atoms. The lowest BCUT2D eigenvalue weighted by Crippen LogP contribution is -2.22. The van der Waals surface area contributed by atoms with Gasteiger partial charge in [-0.3, -0.25) is 5.10 Å². The van der Waals surface area contributed by atoms with Gasteiger partial charge in [0.05, 0.1) is 32.1 Å². The fraction of sp³-hybridized carbons (Fsp3) is 0.393. The first-order valence-electron chi connectivity index (χ1n) is 12.5. The number of aromatic nitrogens is 2. The molecule has 1 saturated heterocycles. The number of rotatable bonds is 14. The number of anilines is 1. The summed E-state index contributed by atoms with van der Waals surface area (Å²) in [6.07, 6.45) is 10.3. The molecular weight excluding hydrogens is 440 g/mol. The highest BCUT2D eigenvalue weighted by Gasteiger charge is 2.11. The van der Waals surface area contributed by atoms with Gasteiger partial charge in [0.25, 0.3) is 0 Å². The number of nitrogens with zero attached hydrogens (tertiary/aromatic N) is 2. The van der Waals surface area contributed by atoms with Crippen molar-refractivity contribution in [3.8, 4) is 22.8 Å². The molecule has 1 fully saturated rings. The highest BCUT2D eigenvalue weighted by Crippen LogP contribution is 2.23.